The van der Waals surface area contributed by atoms with Gasteiger partial charge in [0.2, 0.25) is 0 Å². The van der Waals surface area contributed by atoms with Crippen LogP contribution in [0.3, 0.4) is 0 Å². The number of nitrogens with two attached hydrogens (primary N) is 1. The van der Waals surface area contributed by atoms with Crippen LogP contribution in [-0.4, -0.2) is 28.4 Å². The summed E-state index contributed by atoms with van der Waals surface area (Å²) in [7, 11) is 0. The van der Waals surface area contributed by atoms with Gasteiger partial charge in [0.1, 0.15) is 5.76 Å². The highest BCUT2D eigenvalue weighted by molar-refractivity contribution is 7.98. The zero-order valence-corrected chi connectivity index (χ0v) is 11.6. The molecule has 6 nitrogen and oxygen atoms in total. The second-order valence-corrected chi connectivity index (χ2v) is 4.49. The van der Waals surface area contributed by atoms with Gasteiger partial charge in [-0.1, -0.05) is 11.8 Å². The number of ether oxygens (including phenoxy) is 1. The van der Waals surface area contributed by atoms with E-state index in [1.54, 1.807) is 23.8 Å². The molecule has 2 N–H and O–H groups in total. The Labute approximate surface area is 114 Å². The number of nitrogen functional groups attached to an aromatic ring is 1. The average Bonchev–Trinajstić information content (AvgIpc) is 2.98. The molecule has 0 bridgehead atoms. The molecule has 2 rings (SSSR count). The maximum atomic E-state index is 11.9. The second kappa shape index (κ2) is 5.83. The summed E-state index contributed by atoms with van der Waals surface area (Å²) in [5.74, 6) is 0.423. The number of imidazole rings is 1. The second-order valence-electron chi connectivity index (χ2n) is 3.72. The summed E-state index contributed by atoms with van der Waals surface area (Å²) < 4.78 is 12.0. The molecule has 2 aromatic heterocycles. The fraction of sp³-hybridized carbons (Fsp3) is 0.333. The first-order chi connectivity index (χ1) is 9.17. The number of hydrogen-bond donors (Lipinski definition) is 1. The van der Waals surface area contributed by atoms with Crippen LogP contribution in [0.4, 0.5) is 5.82 Å². The van der Waals surface area contributed by atoms with Gasteiger partial charge in [0.15, 0.2) is 16.7 Å². The largest absolute Gasteiger partial charge is 0.467 e. The molecule has 102 valence electrons. The summed E-state index contributed by atoms with van der Waals surface area (Å²) >= 11 is 1.41. The van der Waals surface area contributed by atoms with Crippen LogP contribution < -0.4 is 5.73 Å². The molecule has 0 atom stereocenters. The first-order valence-electron chi connectivity index (χ1n) is 5.76. The summed E-state index contributed by atoms with van der Waals surface area (Å²) in [6.45, 7) is 2.43. The third-order valence-electron chi connectivity index (χ3n) is 2.50. The fourth-order valence-corrected chi connectivity index (χ4v) is 2.29. The summed E-state index contributed by atoms with van der Waals surface area (Å²) in [4.78, 5) is 16.1. The monoisotopic (exact) mass is 281 g/mol. The third-order valence-corrected chi connectivity index (χ3v) is 3.18. The lowest BCUT2D eigenvalue weighted by Gasteiger charge is -2.08. The zero-order valence-electron chi connectivity index (χ0n) is 10.8. The van der Waals surface area contributed by atoms with E-state index in [1.807, 2.05) is 12.3 Å². The Balaban J connectivity index is 2.40. The molecule has 0 aliphatic heterocycles. The first kappa shape index (κ1) is 13.5. The van der Waals surface area contributed by atoms with Crippen molar-refractivity contribution in [2.45, 2.75) is 18.6 Å². The molecular weight excluding hydrogens is 266 g/mol. The van der Waals surface area contributed by atoms with Crippen molar-refractivity contribution in [2.75, 3.05) is 18.6 Å². The minimum Gasteiger partial charge on any atom is -0.467 e. The number of carbonyl (C=O) groups is 1. The minimum absolute atomic E-state index is 0.175. The van der Waals surface area contributed by atoms with Crippen LogP contribution in [0.2, 0.25) is 0 Å². The van der Waals surface area contributed by atoms with Gasteiger partial charge in [0.05, 0.1) is 19.4 Å². The van der Waals surface area contributed by atoms with Crippen molar-refractivity contribution < 1.29 is 13.9 Å². The highest BCUT2D eigenvalue weighted by Crippen LogP contribution is 2.23. The topological polar surface area (TPSA) is 83.3 Å². The standard InChI is InChI=1S/C12H15N3O3S/c1-3-17-11(16)9-10(13)14-12(19-2)15(9)7-8-5-4-6-18-8/h4-6H,3,7,13H2,1-2H3. The van der Waals surface area contributed by atoms with Gasteiger partial charge in [0.25, 0.3) is 0 Å². The van der Waals surface area contributed by atoms with Crippen LogP contribution in [0.5, 0.6) is 0 Å². The number of thioether (sulfide) groups is 1. The highest BCUT2D eigenvalue weighted by Gasteiger charge is 2.22. The van der Waals surface area contributed by atoms with Crippen LogP contribution in [0.1, 0.15) is 23.2 Å². The Morgan fingerprint density at radius 1 is 1.63 bits per heavy atom. The van der Waals surface area contributed by atoms with Crippen molar-refractivity contribution in [3.8, 4) is 0 Å². The van der Waals surface area contributed by atoms with Crippen molar-refractivity contribution in [1.29, 1.82) is 0 Å². The average molecular weight is 281 g/mol. The molecule has 0 fully saturated rings. The van der Waals surface area contributed by atoms with E-state index in [2.05, 4.69) is 4.98 Å². The summed E-state index contributed by atoms with van der Waals surface area (Å²) in [5.41, 5.74) is 6.07. The predicted octanol–water partition coefficient (Wildman–Crippen LogP) is 2.01. The van der Waals surface area contributed by atoms with E-state index >= 15 is 0 Å². The number of nitrogens with zero attached hydrogens (tertiary/aromatic N) is 2. The van der Waals surface area contributed by atoms with Gasteiger partial charge in [-0.25, -0.2) is 9.78 Å². The van der Waals surface area contributed by atoms with E-state index in [1.165, 1.54) is 11.8 Å². The highest BCUT2D eigenvalue weighted by atomic mass is 32.2. The lowest BCUT2D eigenvalue weighted by Crippen LogP contribution is -2.15. The Morgan fingerprint density at radius 2 is 2.42 bits per heavy atom. The lowest BCUT2D eigenvalue weighted by molar-refractivity contribution is 0.0514. The molecule has 7 heteroatoms. The number of hydrogen-bond acceptors (Lipinski definition) is 6. The van der Waals surface area contributed by atoms with Crippen LogP contribution in [0.15, 0.2) is 28.0 Å². The SMILES string of the molecule is CCOC(=O)c1c(N)nc(SC)n1Cc1ccco1. The van der Waals surface area contributed by atoms with Gasteiger partial charge in [-0.3, -0.25) is 0 Å². The van der Waals surface area contributed by atoms with E-state index in [-0.39, 0.29) is 11.5 Å². The van der Waals surface area contributed by atoms with Gasteiger partial charge in [0, 0.05) is 0 Å². The van der Waals surface area contributed by atoms with E-state index in [9.17, 15) is 4.79 Å². The molecule has 2 aromatic rings. The number of esters is 1. The molecule has 0 amide bonds. The molecule has 0 saturated heterocycles. The Bertz CT molecular complexity index is 563. The van der Waals surface area contributed by atoms with Crippen molar-refractivity contribution in [2.24, 2.45) is 0 Å². The number of furan rings is 1. The molecule has 0 aliphatic rings. The summed E-state index contributed by atoms with van der Waals surface area (Å²) in [6.07, 6.45) is 3.45. The molecular formula is C12H15N3O3S. The van der Waals surface area contributed by atoms with Crippen molar-refractivity contribution >= 4 is 23.5 Å². The third kappa shape index (κ3) is 2.76. The van der Waals surface area contributed by atoms with Crippen molar-refractivity contribution in [3.05, 3.63) is 29.9 Å². The number of carbonyl (C=O) groups excluding carboxylic acids is 1. The molecule has 0 radical (unpaired) electrons. The Hall–Kier alpha value is -1.89. The van der Waals surface area contributed by atoms with Crippen molar-refractivity contribution in [3.63, 3.8) is 0 Å². The fourth-order valence-electron chi connectivity index (χ4n) is 1.73. The van der Waals surface area contributed by atoms with Gasteiger partial charge < -0.3 is 19.5 Å². The van der Waals surface area contributed by atoms with Crippen molar-refractivity contribution in [1.82, 2.24) is 9.55 Å². The first-order valence-corrected chi connectivity index (χ1v) is 6.99. The predicted molar refractivity (Wildman–Crippen MR) is 72.2 cm³/mol. The summed E-state index contributed by atoms with van der Waals surface area (Å²) in [6, 6.07) is 3.62. The maximum absolute atomic E-state index is 11.9. The van der Waals surface area contributed by atoms with Crippen LogP contribution >= 0.6 is 11.8 Å². The van der Waals surface area contributed by atoms with E-state index in [4.69, 9.17) is 14.9 Å². The Morgan fingerprint density at radius 3 is 3.00 bits per heavy atom. The number of aromatic nitrogens is 2. The molecule has 0 aromatic carbocycles. The van der Waals surface area contributed by atoms with Gasteiger partial charge in [-0.15, -0.1) is 0 Å². The molecule has 19 heavy (non-hydrogen) atoms. The maximum Gasteiger partial charge on any atom is 0.358 e. The van der Waals surface area contributed by atoms with Gasteiger partial charge >= 0.3 is 5.97 Å². The molecule has 2 heterocycles. The quantitative estimate of drug-likeness (QED) is 0.666. The van der Waals surface area contributed by atoms with Crippen LogP contribution in [0.25, 0.3) is 0 Å². The van der Waals surface area contributed by atoms with E-state index in [0.29, 0.717) is 18.3 Å². The number of anilines is 1. The van der Waals surface area contributed by atoms with Crippen LogP contribution in [-0.2, 0) is 11.3 Å². The van der Waals surface area contributed by atoms with Gasteiger partial charge in [-0.05, 0) is 25.3 Å². The minimum atomic E-state index is -0.473. The normalized spacial score (nSPS) is 10.6. The van der Waals surface area contributed by atoms with E-state index < -0.39 is 5.97 Å². The lowest BCUT2D eigenvalue weighted by atomic mass is 10.4. The molecule has 0 spiro atoms. The molecule has 0 unspecified atom stereocenters. The molecule has 0 saturated carbocycles. The zero-order chi connectivity index (χ0) is 13.8. The smallest absolute Gasteiger partial charge is 0.358 e. The summed E-state index contributed by atoms with van der Waals surface area (Å²) in [5, 5.41) is 0.650. The van der Waals surface area contributed by atoms with Gasteiger partial charge in [-0.2, -0.15) is 0 Å². The van der Waals surface area contributed by atoms with Crippen LogP contribution in [0, 0.1) is 0 Å². The Kier molecular flexibility index (Phi) is 4.16. The van der Waals surface area contributed by atoms with E-state index in [0.717, 1.165) is 5.76 Å². The number of rotatable bonds is 5. The molecule has 0 aliphatic carbocycles.